The maximum absolute atomic E-state index is 10.7. The Bertz CT molecular complexity index is 193. The predicted molar refractivity (Wildman–Crippen MR) is 49.6 cm³/mol. The van der Waals surface area contributed by atoms with Crippen molar-refractivity contribution < 1.29 is 14.6 Å². The first kappa shape index (κ1) is 10.5. The lowest BCUT2D eigenvalue weighted by atomic mass is 10.1. The van der Waals surface area contributed by atoms with Crippen LogP contribution in [0.15, 0.2) is 0 Å². The molecule has 1 aliphatic carbocycles. The summed E-state index contributed by atoms with van der Waals surface area (Å²) < 4.78 is 5.72. The molecular weight excluding hydrogens is 168 g/mol. The molecule has 76 valence electrons. The molecule has 1 aliphatic rings. The van der Waals surface area contributed by atoms with E-state index in [0.717, 1.165) is 12.8 Å². The van der Waals surface area contributed by atoms with Crippen LogP contribution in [-0.2, 0) is 9.53 Å². The molecule has 1 N–H and O–H groups in total. The van der Waals surface area contributed by atoms with Gasteiger partial charge >= 0.3 is 5.97 Å². The van der Waals surface area contributed by atoms with E-state index in [2.05, 4.69) is 0 Å². The second-order valence-electron chi connectivity index (χ2n) is 4.70. The molecule has 2 atom stereocenters. The zero-order valence-electron chi connectivity index (χ0n) is 8.54. The predicted octanol–water partition coefficient (Wildman–Crippen LogP) is 2.05. The summed E-state index contributed by atoms with van der Waals surface area (Å²) >= 11 is 0. The van der Waals surface area contributed by atoms with E-state index in [-0.39, 0.29) is 17.6 Å². The molecule has 2 unspecified atom stereocenters. The summed E-state index contributed by atoms with van der Waals surface area (Å²) in [5.74, 6) is -0.868. The minimum Gasteiger partial charge on any atom is -0.481 e. The first-order chi connectivity index (χ1) is 5.88. The fourth-order valence-corrected chi connectivity index (χ4v) is 1.77. The van der Waals surface area contributed by atoms with Crippen LogP contribution in [0.5, 0.6) is 0 Å². The Labute approximate surface area is 79.1 Å². The molecule has 0 spiro atoms. The van der Waals surface area contributed by atoms with Crippen molar-refractivity contribution in [3.05, 3.63) is 0 Å². The van der Waals surface area contributed by atoms with Crippen LogP contribution in [0.1, 0.15) is 40.0 Å². The second-order valence-corrected chi connectivity index (χ2v) is 4.70. The van der Waals surface area contributed by atoms with Gasteiger partial charge in [-0.05, 0) is 40.0 Å². The Hall–Kier alpha value is -0.570. The van der Waals surface area contributed by atoms with E-state index in [9.17, 15) is 4.79 Å². The number of carboxylic acid groups (broad SMARTS) is 1. The van der Waals surface area contributed by atoms with Gasteiger partial charge in [0.2, 0.25) is 0 Å². The van der Waals surface area contributed by atoms with E-state index in [0.29, 0.717) is 6.42 Å². The number of hydrogen-bond acceptors (Lipinski definition) is 2. The molecule has 0 aromatic carbocycles. The largest absolute Gasteiger partial charge is 0.481 e. The van der Waals surface area contributed by atoms with Crippen LogP contribution in [0.25, 0.3) is 0 Å². The Kier molecular flexibility index (Phi) is 2.96. The lowest BCUT2D eigenvalue weighted by Crippen LogP contribution is -2.26. The number of carbonyl (C=O) groups is 1. The minimum atomic E-state index is -0.681. The third-order valence-corrected chi connectivity index (χ3v) is 2.25. The van der Waals surface area contributed by atoms with Crippen molar-refractivity contribution in [2.75, 3.05) is 0 Å². The monoisotopic (exact) mass is 186 g/mol. The van der Waals surface area contributed by atoms with E-state index in [1.807, 2.05) is 20.8 Å². The molecule has 0 amide bonds. The SMILES string of the molecule is CC(C)(C)OC1CCC(C(=O)O)C1. The van der Waals surface area contributed by atoms with Gasteiger partial charge in [-0.2, -0.15) is 0 Å². The van der Waals surface area contributed by atoms with Gasteiger partial charge in [-0.1, -0.05) is 0 Å². The van der Waals surface area contributed by atoms with Gasteiger partial charge in [0.15, 0.2) is 0 Å². The molecule has 0 aliphatic heterocycles. The summed E-state index contributed by atoms with van der Waals surface area (Å²) in [7, 11) is 0. The molecular formula is C10H18O3. The Balaban J connectivity index is 2.38. The van der Waals surface area contributed by atoms with Crippen molar-refractivity contribution in [3.63, 3.8) is 0 Å². The highest BCUT2D eigenvalue weighted by atomic mass is 16.5. The van der Waals surface area contributed by atoms with Gasteiger partial charge in [-0.25, -0.2) is 0 Å². The topological polar surface area (TPSA) is 46.5 Å². The molecule has 0 heterocycles. The Morgan fingerprint density at radius 3 is 2.38 bits per heavy atom. The molecule has 1 saturated carbocycles. The lowest BCUT2D eigenvalue weighted by Gasteiger charge is -2.24. The number of aliphatic carboxylic acids is 1. The molecule has 0 radical (unpaired) electrons. The normalized spacial score (nSPS) is 29.2. The average molecular weight is 186 g/mol. The molecule has 1 fully saturated rings. The maximum atomic E-state index is 10.7. The first-order valence-electron chi connectivity index (χ1n) is 4.79. The van der Waals surface area contributed by atoms with Gasteiger partial charge in [0, 0.05) is 0 Å². The van der Waals surface area contributed by atoms with Crippen LogP contribution in [0.2, 0.25) is 0 Å². The fraction of sp³-hybridized carbons (Fsp3) is 0.900. The van der Waals surface area contributed by atoms with Crippen LogP contribution >= 0.6 is 0 Å². The van der Waals surface area contributed by atoms with Gasteiger partial charge in [0.1, 0.15) is 0 Å². The summed E-state index contributed by atoms with van der Waals surface area (Å²) in [5.41, 5.74) is -0.155. The number of ether oxygens (including phenoxy) is 1. The van der Waals surface area contributed by atoms with Crippen molar-refractivity contribution >= 4 is 5.97 Å². The number of hydrogen-bond donors (Lipinski definition) is 1. The van der Waals surface area contributed by atoms with Gasteiger partial charge in [0.25, 0.3) is 0 Å². The molecule has 13 heavy (non-hydrogen) atoms. The summed E-state index contributed by atoms with van der Waals surface area (Å²) in [6.07, 6.45) is 2.46. The highest BCUT2D eigenvalue weighted by molar-refractivity contribution is 5.70. The van der Waals surface area contributed by atoms with Crippen LogP contribution in [-0.4, -0.2) is 22.8 Å². The van der Waals surface area contributed by atoms with Crippen molar-refractivity contribution in [3.8, 4) is 0 Å². The van der Waals surface area contributed by atoms with Crippen LogP contribution < -0.4 is 0 Å². The number of rotatable bonds is 2. The summed E-state index contributed by atoms with van der Waals surface area (Å²) in [5, 5.41) is 8.77. The minimum absolute atomic E-state index is 0.140. The Morgan fingerprint density at radius 1 is 1.38 bits per heavy atom. The zero-order chi connectivity index (χ0) is 10.1. The smallest absolute Gasteiger partial charge is 0.306 e. The zero-order valence-corrected chi connectivity index (χ0v) is 8.54. The van der Waals surface area contributed by atoms with E-state index in [1.165, 1.54) is 0 Å². The Morgan fingerprint density at radius 2 is 2.00 bits per heavy atom. The molecule has 0 bridgehead atoms. The average Bonchev–Trinajstić information content (AvgIpc) is 2.31. The molecule has 3 nitrogen and oxygen atoms in total. The maximum Gasteiger partial charge on any atom is 0.306 e. The van der Waals surface area contributed by atoms with Gasteiger partial charge < -0.3 is 9.84 Å². The van der Waals surface area contributed by atoms with Gasteiger partial charge in [0.05, 0.1) is 17.6 Å². The molecule has 3 heteroatoms. The highest BCUT2D eigenvalue weighted by Crippen LogP contribution is 2.30. The molecule has 0 aromatic rings. The highest BCUT2D eigenvalue weighted by Gasteiger charge is 2.32. The van der Waals surface area contributed by atoms with E-state index < -0.39 is 5.97 Å². The molecule has 1 rings (SSSR count). The molecule has 0 saturated heterocycles. The third-order valence-electron chi connectivity index (χ3n) is 2.25. The molecule has 0 aromatic heterocycles. The van der Waals surface area contributed by atoms with Crippen molar-refractivity contribution in [2.45, 2.75) is 51.7 Å². The first-order valence-corrected chi connectivity index (χ1v) is 4.79. The van der Waals surface area contributed by atoms with Crippen molar-refractivity contribution in [2.24, 2.45) is 5.92 Å². The van der Waals surface area contributed by atoms with E-state index in [1.54, 1.807) is 0 Å². The van der Waals surface area contributed by atoms with Gasteiger partial charge in [-0.15, -0.1) is 0 Å². The van der Waals surface area contributed by atoms with Crippen LogP contribution in [0, 0.1) is 5.92 Å². The quantitative estimate of drug-likeness (QED) is 0.718. The van der Waals surface area contributed by atoms with E-state index >= 15 is 0 Å². The third kappa shape index (κ3) is 3.35. The van der Waals surface area contributed by atoms with E-state index in [4.69, 9.17) is 9.84 Å². The van der Waals surface area contributed by atoms with Crippen molar-refractivity contribution in [1.29, 1.82) is 0 Å². The standard InChI is InChI=1S/C10H18O3/c1-10(2,3)13-8-5-4-7(6-8)9(11)12/h7-8H,4-6H2,1-3H3,(H,11,12). The summed E-state index contributed by atoms with van der Waals surface area (Å²) in [6.45, 7) is 6.00. The van der Waals surface area contributed by atoms with Crippen LogP contribution in [0.3, 0.4) is 0 Å². The van der Waals surface area contributed by atoms with Gasteiger partial charge in [-0.3, -0.25) is 4.79 Å². The lowest BCUT2D eigenvalue weighted by molar-refractivity contribution is -0.142. The van der Waals surface area contributed by atoms with Crippen LogP contribution in [0.4, 0.5) is 0 Å². The van der Waals surface area contributed by atoms with Crippen molar-refractivity contribution in [1.82, 2.24) is 0 Å². The number of carboxylic acids is 1. The fourth-order valence-electron chi connectivity index (χ4n) is 1.77. The summed E-state index contributed by atoms with van der Waals surface area (Å²) in [6, 6.07) is 0. The summed E-state index contributed by atoms with van der Waals surface area (Å²) in [4.78, 5) is 10.7. The second kappa shape index (κ2) is 3.66.